The Bertz CT molecular complexity index is 1060. The molecule has 4 rings (SSSR count). The van der Waals surface area contributed by atoms with E-state index in [4.69, 9.17) is 0 Å². The summed E-state index contributed by atoms with van der Waals surface area (Å²) in [4.78, 5) is 14.3. The highest BCUT2D eigenvalue weighted by molar-refractivity contribution is 8.16. The summed E-state index contributed by atoms with van der Waals surface area (Å²) in [6.45, 7) is -0.000155. The third-order valence-electron chi connectivity index (χ3n) is 4.62. The predicted octanol–water partition coefficient (Wildman–Crippen LogP) is 3.57. The summed E-state index contributed by atoms with van der Waals surface area (Å²) in [5.74, 6) is 2.38. The SMILES string of the molecule is CN(CC(=O)Nc1cccc(C2SCCCS2)c1)C1=NS(=O)(=O)c2ccccc21. The van der Waals surface area contributed by atoms with Crippen molar-refractivity contribution in [3.63, 3.8) is 0 Å². The van der Waals surface area contributed by atoms with Crippen molar-refractivity contribution in [2.45, 2.75) is 15.9 Å². The molecule has 2 aliphatic heterocycles. The molecule has 0 unspecified atom stereocenters. The molecular formula is C20H21N3O3S3. The van der Waals surface area contributed by atoms with E-state index in [2.05, 4.69) is 15.8 Å². The second kappa shape index (κ2) is 8.41. The molecule has 9 heteroatoms. The van der Waals surface area contributed by atoms with Crippen LogP contribution in [0.4, 0.5) is 5.69 Å². The molecule has 0 aliphatic carbocycles. The van der Waals surface area contributed by atoms with E-state index >= 15 is 0 Å². The molecule has 0 radical (unpaired) electrons. The van der Waals surface area contributed by atoms with Gasteiger partial charge in [0.2, 0.25) is 5.91 Å². The Balaban J connectivity index is 1.44. The minimum absolute atomic E-state index is 0.000155. The number of fused-ring (bicyclic) bond motifs is 1. The zero-order chi connectivity index (χ0) is 20.4. The summed E-state index contributed by atoms with van der Waals surface area (Å²) in [5, 5.41) is 2.92. The molecule has 1 saturated heterocycles. The number of hydrogen-bond acceptors (Lipinski definition) is 6. The van der Waals surface area contributed by atoms with Crippen molar-refractivity contribution in [2.75, 3.05) is 30.4 Å². The Kier molecular flexibility index (Phi) is 5.89. The predicted molar refractivity (Wildman–Crippen MR) is 120 cm³/mol. The first kappa shape index (κ1) is 20.3. The van der Waals surface area contributed by atoms with Gasteiger partial charge in [-0.05, 0) is 47.8 Å². The fraction of sp³-hybridized carbons (Fsp3) is 0.300. The summed E-state index contributed by atoms with van der Waals surface area (Å²) in [5.41, 5.74) is 2.47. The van der Waals surface area contributed by atoms with Crippen molar-refractivity contribution in [3.8, 4) is 0 Å². The first-order chi connectivity index (χ1) is 13.9. The summed E-state index contributed by atoms with van der Waals surface area (Å²) in [7, 11) is -2.03. The average molecular weight is 448 g/mol. The molecule has 29 heavy (non-hydrogen) atoms. The lowest BCUT2D eigenvalue weighted by Crippen LogP contribution is -2.34. The third kappa shape index (κ3) is 4.46. The van der Waals surface area contributed by atoms with Crippen molar-refractivity contribution < 1.29 is 13.2 Å². The van der Waals surface area contributed by atoms with Gasteiger partial charge < -0.3 is 10.2 Å². The molecule has 0 bridgehead atoms. The zero-order valence-corrected chi connectivity index (χ0v) is 18.3. The first-order valence-corrected chi connectivity index (χ1v) is 12.8. The van der Waals surface area contributed by atoms with E-state index in [-0.39, 0.29) is 17.3 Å². The highest BCUT2D eigenvalue weighted by Gasteiger charge is 2.31. The lowest BCUT2D eigenvalue weighted by Gasteiger charge is -2.22. The van der Waals surface area contributed by atoms with E-state index in [1.165, 1.54) is 18.1 Å². The maximum atomic E-state index is 12.6. The number of thioether (sulfide) groups is 2. The molecule has 0 spiro atoms. The number of benzene rings is 2. The van der Waals surface area contributed by atoms with Crippen LogP contribution < -0.4 is 5.32 Å². The maximum absolute atomic E-state index is 12.6. The van der Waals surface area contributed by atoms with E-state index in [0.717, 1.165) is 17.2 Å². The average Bonchev–Trinajstić information content (AvgIpc) is 3.00. The van der Waals surface area contributed by atoms with Gasteiger partial charge in [0, 0.05) is 18.3 Å². The van der Waals surface area contributed by atoms with Crippen molar-refractivity contribution in [2.24, 2.45) is 4.40 Å². The van der Waals surface area contributed by atoms with Gasteiger partial charge >= 0.3 is 0 Å². The number of anilines is 1. The highest BCUT2D eigenvalue weighted by Crippen LogP contribution is 2.44. The van der Waals surface area contributed by atoms with E-state index in [1.807, 2.05) is 41.7 Å². The molecule has 2 aliphatic rings. The van der Waals surface area contributed by atoms with Crippen molar-refractivity contribution >= 4 is 51.0 Å². The monoisotopic (exact) mass is 447 g/mol. The Morgan fingerprint density at radius 2 is 1.93 bits per heavy atom. The molecular weight excluding hydrogens is 426 g/mol. The minimum Gasteiger partial charge on any atom is -0.349 e. The Labute approximate surface area is 179 Å². The van der Waals surface area contributed by atoms with E-state index < -0.39 is 10.0 Å². The van der Waals surface area contributed by atoms with Crippen LogP contribution in [0.25, 0.3) is 0 Å². The molecule has 1 fully saturated rings. The van der Waals surface area contributed by atoms with Gasteiger partial charge in [-0.3, -0.25) is 4.79 Å². The first-order valence-electron chi connectivity index (χ1n) is 9.22. The number of carbonyl (C=O) groups excluding carboxylic acids is 1. The van der Waals surface area contributed by atoms with Gasteiger partial charge in [0.1, 0.15) is 4.90 Å². The number of likely N-dealkylation sites (N-methyl/N-ethyl adjacent to an activating group) is 1. The number of hydrogen-bond donors (Lipinski definition) is 1. The number of nitrogens with zero attached hydrogens (tertiary/aromatic N) is 2. The Morgan fingerprint density at radius 3 is 2.72 bits per heavy atom. The number of rotatable bonds is 4. The fourth-order valence-corrected chi connectivity index (χ4v) is 7.42. The molecule has 6 nitrogen and oxygen atoms in total. The Hall–Kier alpha value is -1.97. The Morgan fingerprint density at radius 1 is 1.17 bits per heavy atom. The fourth-order valence-electron chi connectivity index (χ4n) is 3.30. The van der Waals surface area contributed by atoms with Gasteiger partial charge in [0.05, 0.1) is 11.1 Å². The largest absolute Gasteiger partial charge is 0.349 e. The van der Waals surface area contributed by atoms with Crippen LogP contribution in [0.3, 0.4) is 0 Å². The number of amidine groups is 1. The zero-order valence-electron chi connectivity index (χ0n) is 15.9. The van der Waals surface area contributed by atoms with E-state index in [0.29, 0.717) is 16.0 Å². The van der Waals surface area contributed by atoms with E-state index in [1.54, 1.807) is 30.1 Å². The van der Waals surface area contributed by atoms with Gasteiger partial charge in [-0.25, -0.2) is 0 Å². The maximum Gasteiger partial charge on any atom is 0.285 e. The van der Waals surface area contributed by atoms with Gasteiger partial charge in [-0.15, -0.1) is 27.9 Å². The van der Waals surface area contributed by atoms with Crippen molar-refractivity contribution in [1.29, 1.82) is 0 Å². The number of nitrogens with one attached hydrogen (secondary N) is 1. The summed E-state index contributed by atoms with van der Waals surface area (Å²) in [6, 6.07) is 14.6. The van der Waals surface area contributed by atoms with Gasteiger partial charge in [0.15, 0.2) is 5.84 Å². The van der Waals surface area contributed by atoms with Crippen LogP contribution in [-0.2, 0) is 14.8 Å². The van der Waals surface area contributed by atoms with Crippen molar-refractivity contribution in [1.82, 2.24) is 4.90 Å². The topological polar surface area (TPSA) is 78.8 Å². The van der Waals surface area contributed by atoms with Crippen LogP contribution in [-0.4, -0.2) is 50.2 Å². The van der Waals surface area contributed by atoms with Crippen LogP contribution in [0, 0.1) is 0 Å². The number of carbonyl (C=O) groups is 1. The number of amides is 1. The molecule has 2 aromatic rings. The highest BCUT2D eigenvalue weighted by atomic mass is 32.2. The van der Waals surface area contributed by atoms with Gasteiger partial charge in [-0.1, -0.05) is 24.3 Å². The number of sulfonamides is 1. The van der Waals surface area contributed by atoms with Crippen LogP contribution in [0.15, 0.2) is 57.8 Å². The quantitative estimate of drug-likeness (QED) is 0.772. The molecule has 1 amide bonds. The normalized spacial score (nSPS) is 18.0. The molecule has 0 saturated carbocycles. The second-order valence-electron chi connectivity index (χ2n) is 6.84. The van der Waals surface area contributed by atoms with Crippen molar-refractivity contribution in [3.05, 3.63) is 59.7 Å². The molecule has 152 valence electrons. The second-order valence-corrected chi connectivity index (χ2v) is 11.1. The van der Waals surface area contributed by atoms with Crippen LogP contribution >= 0.6 is 23.5 Å². The summed E-state index contributed by atoms with van der Waals surface area (Å²) >= 11 is 3.87. The molecule has 2 heterocycles. The molecule has 0 atom stereocenters. The van der Waals surface area contributed by atoms with E-state index in [9.17, 15) is 13.2 Å². The summed E-state index contributed by atoms with van der Waals surface area (Å²) in [6.07, 6.45) is 1.23. The van der Waals surface area contributed by atoms with Crippen LogP contribution in [0.5, 0.6) is 0 Å². The van der Waals surface area contributed by atoms with Crippen LogP contribution in [0.1, 0.15) is 22.1 Å². The standard InChI is InChI=1S/C20H21N3O3S3/c1-23(19-16-8-2-3-9-17(16)29(25,26)22-19)13-18(24)21-15-7-4-6-14(12-15)20-27-10-5-11-28-20/h2-4,6-9,12,20H,5,10-11,13H2,1H3,(H,21,24). The summed E-state index contributed by atoms with van der Waals surface area (Å²) < 4.78 is 28.7. The van der Waals surface area contributed by atoms with Crippen LogP contribution in [0.2, 0.25) is 0 Å². The lowest BCUT2D eigenvalue weighted by atomic mass is 10.2. The molecule has 2 aromatic carbocycles. The molecule has 1 N–H and O–H groups in total. The smallest absolute Gasteiger partial charge is 0.285 e. The molecule has 0 aromatic heterocycles. The minimum atomic E-state index is -3.70. The lowest BCUT2D eigenvalue weighted by molar-refractivity contribution is -0.116. The van der Waals surface area contributed by atoms with Gasteiger partial charge in [0.25, 0.3) is 10.0 Å². The van der Waals surface area contributed by atoms with Gasteiger partial charge in [-0.2, -0.15) is 8.42 Å². The third-order valence-corrected chi connectivity index (χ3v) is 8.96.